The van der Waals surface area contributed by atoms with E-state index in [0.29, 0.717) is 12.1 Å². The smallest absolute Gasteiger partial charge is 0.235 e. The third-order valence-corrected chi connectivity index (χ3v) is 6.85. The zero-order valence-corrected chi connectivity index (χ0v) is 25.9. The van der Waals surface area contributed by atoms with Gasteiger partial charge in [0.2, 0.25) is 5.91 Å². The summed E-state index contributed by atoms with van der Waals surface area (Å²) in [5.41, 5.74) is 1.89. The van der Waals surface area contributed by atoms with Crippen molar-refractivity contribution in [3.8, 4) is 38.5 Å². The normalized spacial score (nSPS) is 18.5. The highest BCUT2D eigenvalue weighted by Crippen LogP contribution is 2.19. The van der Waals surface area contributed by atoms with Crippen molar-refractivity contribution in [3.63, 3.8) is 0 Å². The minimum Gasteiger partial charge on any atom is -0.507 e. The van der Waals surface area contributed by atoms with Crippen LogP contribution >= 0.6 is 0 Å². The van der Waals surface area contributed by atoms with E-state index in [2.05, 4.69) is 50.4 Å². The predicted octanol–water partition coefficient (Wildman–Crippen LogP) is 4.64. The predicted molar refractivity (Wildman–Crippen MR) is 179 cm³/mol. The summed E-state index contributed by atoms with van der Waals surface area (Å²) in [4.78, 5) is 14.7. The number of aliphatic hydroxyl groups excluding tert-OH is 1. The topological polar surface area (TPSA) is 73.8 Å². The number of allylic oxidation sites excluding steroid dienone is 4. The van der Waals surface area contributed by atoms with Gasteiger partial charge in [0, 0.05) is 24.2 Å². The number of carbonyl (C=O) groups excluding carboxylic acids is 1. The van der Waals surface area contributed by atoms with Crippen LogP contribution in [0.2, 0.25) is 0 Å². The molecular formula is C37H55N3O2+2. The van der Waals surface area contributed by atoms with Gasteiger partial charge in [0.25, 0.3) is 0 Å². The number of nitrogens with two attached hydrogens (primary N) is 2. The highest BCUT2D eigenvalue weighted by molar-refractivity contribution is 5.82. The minimum atomic E-state index is 0.00924. The Morgan fingerprint density at radius 3 is 1.79 bits per heavy atom. The first-order valence-electron chi connectivity index (χ1n) is 15.0. The molecule has 0 spiro atoms. The molecule has 2 aliphatic heterocycles. The van der Waals surface area contributed by atoms with E-state index in [9.17, 15) is 9.90 Å². The number of nitrogens with zero attached hydrogens (tertiary/aromatic N) is 1. The molecule has 1 aromatic carbocycles. The van der Waals surface area contributed by atoms with E-state index in [1.165, 1.54) is 50.5 Å². The van der Waals surface area contributed by atoms with E-state index in [-0.39, 0.29) is 17.6 Å². The van der Waals surface area contributed by atoms with E-state index in [1.54, 1.807) is 6.08 Å². The standard InChI is InChI=1S/C19H29N3O2.C6H12.C6H6.3C2H2/c1-15(12-20-2)18(23)9-5-4-8-16-13-21-14-17(16)19(24)22-10-6-3-7-11-22;2*1-2-4-6-5-3-1;3*1-2/h4-5,8-9,17,20-21,23H,1,3,6-7,10-14H2,2H3;1-6H2;1-6H;3*1-2H/p+2/b5-4-,16-8-,18-9+;;;;;. The maximum Gasteiger partial charge on any atom is 0.235 e. The van der Waals surface area contributed by atoms with Crippen molar-refractivity contribution in [1.82, 2.24) is 4.90 Å². The third kappa shape index (κ3) is 19.2. The van der Waals surface area contributed by atoms with E-state index < -0.39 is 0 Å². The van der Waals surface area contributed by atoms with Gasteiger partial charge in [-0.3, -0.25) is 4.79 Å². The maximum atomic E-state index is 12.7. The molecule has 2 saturated heterocycles. The van der Waals surface area contributed by atoms with Crippen LogP contribution < -0.4 is 10.6 Å². The average Bonchev–Trinajstić information content (AvgIpc) is 3.56. The average molecular weight is 574 g/mol. The fourth-order valence-corrected chi connectivity index (χ4v) is 4.73. The van der Waals surface area contributed by atoms with Gasteiger partial charge in [-0.25, -0.2) is 0 Å². The van der Waals surface area contributed by atoms with Crippen LogP contribution in [0.25, 0.3) is 0 Å². The number of benzene rings is 1. The highest BCUT2D eigenvalue weighted by Gasteiger charge is 2.34. The molecule has 2 heterocycles. The molecule has 42 heavy (non-hydrogen) atoms. The number of likely N-dealkylation sites (N-methyl/N-ethyl adjacent to an activating group) is 1. The zero-order chi connectivity index (χ0) is 31.8. The Morgan fingerprint density at radius 1 is 0.881 bits per heavy atom. The number of piperidine rings is 1. The van der Waals surface area contributed by atoms with Crippen molar-refractivity contribution in [3.05, 3.63) is 84.2 Å². The first-order chi connectivity index (χ1) is 20.6. The van der Waals surface area contributed by atoms with Crippen LogP contribution in [0, 0.1) is 44.5 Å². The molecule has 1 atom stereocenters. The van der Waals surface area contributed by atoms with Gasteiger partial charge in [-0.05, 0) is 25.3 Å². The van der Waals surface area contributed by atoms with Crippen molar-refractivity contribution >= 4 is 5.91 Å². The molecule has 1 saturated carbocycles. The molecule has 1 unspecified atom stereocenters. The van der Waals surface area contributed by atoms with E-state index in [1.807, 2.05) is 71.9 Å². The van der Waals surface area contributed by atoms with Gasteiger partial charge >= 0.3 is 0 Å². The summed E-state index contributed by atoms with van der Waals surface area (Å²) >= 11 is 0. The fourth-order valence-electron chi connectivity index (χ4n) is 4.73. The Morgan fingerprint density at radius 2 is 1.33 bits per heavy atom. The Labute approximate surface area is 257 Å². The molecule has 228 valence electrons. The maximum absolute atomic E-state index is 12.7. The number of likely N-dealkylation sites (tertiary alicyclic amines) is 1. The van der Waals surface area contributed by atoms with Crippen LogP contribution in [0.15, 0.2) is 84.2 Å². The van der Waals surface area contributed by atoms with Gasteiger partial charge in [0.1, 0.15) is 18.2 Å². The second kappa shape index (κ2) is 30.0. The number of terminal acetylenes is 3. The molecule has 3 fully saturated rings. The molecule has 5 heteroatoms. The summed E-state index contributed by atoms with van der Waals surface area (Å²) in [5, 5.41) is 14.0. The minimum absolute atomic E-state index is 0.00924. The Balaban J connectivity index is 0. The monoisotopic (exact) mass is 573 g/mol. The van der Waals surface area contributed by atoms with Gasteiger partial charge in [0.15, 0.2) is 0 Å². The van der Waals surface area contributed by atoms with E-state index in [0.717, 1.165) is 39.0 Å². The second-order valence-electron chi connectivity index (χ2n) is 9.84. The van der Waals surface area contributed by atoms with Gasteiger partial charge in [-0.1, -0.05) is 99.7 Å². The first-order valence-corrected chi connectivity index (χ1v) is 15.0. The number of quaternary nitrogens is 2. The summed E-state index contributed by atoms with van der Waals surface area (Å²) in [6.07, 6.45) is 43.9. The number of amides is 1. The van der Waals surface area contributed by atoms with E-state index >= 15 is 0 Å². The number of aliphatic hydroxyl groups is 1. The van der Waals surface area contributed by atoms with Gasteiger partial charge < -0.3 is 20.6 Å². The lowest BCUT2D eigenvalue weighted by atomic mass is 9.99. The fraction of sp³-hybridized carbons (Fsp3) is 0.432. The summed E-state index contributed by atoms with van der Waals surface area (Å²) in [5.74, 6) is 0.505. The molecule has 1 aromatic rings. The number of hydrogen-bond donors (Lipinski definition) is 3. The second-order valence-corrected chi connectivity index (χ2v) is 9.84. The Hall–Kier alpha value is -3.95. The van der Waals surface area contributed by atoms with Crippen molar-refractivity contribution in [2.75, 3.05) is 39.8 Å². The van der Waals surface area contributed by atoms with Crippen molar-refractivity contribution < 1.29 is 20.5 Å². The SMILES string of the molecule is C#C.C#C.C#C.C1CCCCC1.C=C(C[NH2+]C)\C(O)=C/C=C\C=C1\C[NH2+]CC1C(=O)N1CCCCC1.c1ccccc1. The van der Waals surface area contributed by atoms with Gasteiger partial charge in [0.05, 0.1) is 20.1 Å². The number of rotatable bonds is 6. The molecule has 1 aliphatic carbocycles. The molecule has 0 bridgehead atoms. The molecule has 4 rings (SSSR count). The molecule has 5 nitrogen and oxygen atoms in total. The van der Waals surface area contributed by atoms with Crippen LogP contribution in [-0.4, -0.2) is 55.7 Å². The van der Waals surface area contributed by atoms with Crippen LogP contribution in [-0.2, 0) is 4.79 Å². The quantitative estimate of drug-likeness (QED) is 0.264. The molecule has 0 aromatic heterocycles. The summed E-state index contributed by atoms with van der Waals surface area (Å²) < 4.78 is 0. The van der Waals surface area contributed by atoms with Crippen molar-refractivity contribution in [1.29, 1.82) is 0 Å². The molecule has 0 radical (unpaired) electrons. The third-order valence-electron chi connectivity index (χ3n) is 6.85. The Kier molecular flexibility index (Phi) is 28.7. The first kappa shape index (κ1) is 40.2. The Bertz CT molecular complexity index is 907. The summed E-state index contributed by atoms with van der Waals surface area (Å²) in [6.45, 7) is 8.05. The van der Waals surface area contributed by atoms with E-state index in [4.69, 9.17) is 0 Å². The molecule has 5 N–H and O–H groups in total. The van der Waals surface area contributed by atoms with Crippen LogP contribution in [0.3, 0.4) is 0 Å². The van der Waals surface area contributed by atoms with Crippen LogP contribution in [0.4, 0.5) is 0 Å². The molecular weight excluding hydrogens is 518 g/mol. The van der Waals surface area contributed by atoms with Crippen molar-refractivity contribution in [2.24, 2.45) is 5.92 Å². The van der Waals surface area contributed by atoms with Gasteiger partial charge in [-0.2, -0.15) is 0 Å². The zero-order valence-electron chi connectivity index (χ0n) is 25.9. The lowest BCUT2D eigenvalue weighted by Crippen LogP contribution is -2.81. The lowest BCUT2D eigenvalue weighted by Gasteiger charge is -2.28. The molecule has 3 aliphatic rings. The number of carbonyl (C=O) groups is 1. The lowest BCUT2D eigenvalue weighted by molar-refractivity contribution is -0.634. The summed E-state index contributed by atoms with van der Waals surface area (Å²) in [7, 11) is 1.94. The van der Waals surface area contributed by atoms with Crippen molar-refractivity contribution in [2.45, 2.75) is 57.8 Å². The highest BCUT2D eigenvalue weighted by atomic mass is 16.3. The largest absolute Gasteiger partial charge is 0.507 e. The van der Waals surface area contributed by atoms with Crippen LogP contribution in [0.5, 0.6) is 0 Å². The van der Waals surface area contributed by atoms with Gasteiger partial charge in [-0.15, -0.1) is 38.5 Å². The van der Waals surface area contributed by atoms with Crippen LogP contribution in [0.1, 0.15) is 57.8 Å². The summed E-state index contributed by atoms with van der Waals surface area (Å²) in [6, 6.07) is 12.0. The number of hydrogen-bond acceptors (Lipinski definition) is 2. The molecule has 1 amide bonds.